The Balaban J connectivity index is 2.46. The van der Waals surface area contributed by atoms with E-state index in [1.54, 1.807) is 30.3 Å². The second-order valence-electron chi connectivity index (χ2n) is 4.28. The molecule has 0 bridgehead atoms. The number of nitro benzene ring substituents is 1. The number of methoxy groups -OCH3 is 1. The third-order valence-electron chi connectivity index (χ3n) is 3.00. The van der Waals surface area contributed by atoms with Gasteiger partial charge in [0.1, 0.15) is 5.75 Å². The predicted octanol–water partition coefficient (Wildman–Crippen LogP) is 3.47. The first-order valence-corrected chi connectivity index (χ1v) is 5.96. The molecule has 0 fully saturated rings. The van der Waals surface area contributed by atoms with E-state index in [0.29, 0.717) is 11.3 Å². The van der Waals surface area contributed by atoms with Crippen LogP contribution in [-0.2, 0) is 0 Å². The van der Waals surface area contributed by atoms with E-state index < -0.39 is 4.92 Å². The standard InChI is InChI=1S/C15H13NO4/c1-10(17)11-3-5-12(6-4-11)14-8-7-13(16(18)19)9-15(14)20-2/h3-9H,1-2H3. The molecule has 0 aliphatic heterocycles. The summed E-state index contributed by atoms with van der Waals surface area (Å²) < 4.78 is 5.20. The van der Waals surface area contributed by atoms with Crippen molar-refractivity contribution in [2.24, 2.45) is 0 Å². The molecule has 0 heterocycles. The summed E-state index contributed by atoms with van der Waals surface area (Å²) in [6, 6.07) is 11.5. The van der Waals surface area contributed by atoms with Gasteiger partial charge in [-0.05, 0) is 18.6 Å². The Hall–Kier alpha value is -2.69. The number of hydrogen-bond acceptors (Lipinski definition) is 4. The SMILES string of the molecule is COc1cc([N+](=O)[O-])ccc1-c1ccc(C(C)=O)cc1. The molecule has 0 saturated heterocycles. The topological polar surface area (TPSA) is 69.4 Å². The molecule has 0 unspecified atom stereocenters. The van der Waals surface area contributed by atoms with Crippen molar-refractivity contribution in [1.82, 2.24) is 0 Å². The minimum Gasteiger partial charge on any atom is -0.496 e. The van der Waals surface area contributed by atoms with Gasteiger partial charge in [0.15, 0.2) is 5.78 Å². The maximum Gasteiger partial charge on any atom is 0.273 e. The molecule has 0 saturated carbocycles. The average Bonchev–Trinajstić information content (AvgIpc) is 2.46. The second-order valence-corrected chi connectivity index (χ2v) is 4.28. The molecule has 5 nitrogen and oxygen atoms in total. The summed E-state index contributed by atoms with van der Waals surface area (Å²) in [6.07, 6.45) is 0. The molecule has 2 aromatic carbocycles. The van der Waals surface area contributed by atoms with Gasteiger partial charge in [0.25, 0.3) is 5.69 Å². The van der Waals surface area contributed by atoms with Crippen molar-refractivity contribution in [2.75, 3.05) is 7.11 Å². The first kappa shape index (κ1) is 13.7. The Kier molecular flexibility index (Phi) is 3.79. The van der Waals surface area contributed by atoms with Crippen LogP contribution in [0.4, 0.5) is 5.69 Å². The third-order valence-corrected chi connectivity index (χ3v) is 3.00. The summed E-state index contributed by atoms with van der Waals surface area (Å²) in [5.74, 6) is 0.419. The Bertz CT molecular complexity index is 662. The minimum absolute atomic E-state index is 0.00721. The van der Waals surface area contributed by atoms with Gasteiger partial charge in [-0.15, -0.1) is 0 Å². The molecule has 0 aromatic heterocycles. The number of non-ortho nitro benzene ring substituents is 1. The van der Waals surface area contributed by atoms with Crippen molar-refractivity contribution < 1.29 is 14.5 Å². The van der Waals surface area contributed by atoms with Gasteiger partial charge in [-0.3, -0.25) is 14.9 Å². The molecule has 102 valence electrons. The van der Waals surface area contributed by atoms with Crippen molar-refractivity contribution in [3.63, 3.8) is 0 Å². The van der Waals surface area contributed by atoms with Crippen LogP contribution in [0.3, 0.4) is 0 Å². The fourth-order valence-electron chi connectivity index (χ4n) is 1.92. The molecule has 5 heteroatoms. The van der Waals surface area contributed by atoms with Gasteiger partial charge < -0.3 is 4.74 Å². The van der Waals surface area contributed by atoms with Crippen LogP contribution in [-0.4, -0.2) is 17.8 Å². The largest absolute Gasteiger partial charge is 0.496 e. The molecule has 0 aliphatic rings. The number of nitro groups is 1. The smallest absolute Gasteiger partial charge is 0.273 e. The van der Waals surface area contributed by atoms with Crippen molar-refractivity contribution in [1.29, 1.82) is 0 Å². The van der Waals surface area contributed by atoms with Crippen LogP contribution in [0.15, 0.2) is 42.5 Å². The maximum absolute atomic E-state index is 11.2. The number of nitrogens with zero attached hydrogens (tertiary/aromatic N) is 1. The molecule has 0 amide bonds. The number of rotatable bonds is 4. The lowest BCUT2D eigenvalue weighted by Crippen LogP contribution is -1.94. The van der Waals surface area contributed by atoms with Gasteiger partial charge in [-0.25, -0.2) is 0 Å². The highest BCUT2D eigenvalue weighted by molar-refractivity contribution is 5.94. The monoisotopic (exact) mass is 271 g/mol. The van der Waals surface area contributed by atoms with Crippen LogP contribution in [0.1, 0.15) is 17.3 Å². The van der Waals surface area contributed by atoms with Gasteiger partial charge in [0.05, 0.1) is 18.1 Å². The van der Waals surface area contributed by atoms with Crippen LogP contribution < -0.4 is 4.74 Å². The Morgan fingerprint density at radius 3 is 2.30 bits per heavy atom. The molecule has 0 atom stereocenters. The lowest BCUT2D eigenvalue weighted by molar-refractivity contribution is -0.384. The van der Waals surface area contributed by atoms with Crippen LogP contribution in [0.5, 0.6) is 5.75 Å². The highest BCUT2D eigenvalue weighted by atomic mass is 16.6. The molecular formula is C15H13NO4. The lowest BCUT2D eigenvalue weighted by atomic mass is 10.0. The molecular weight excluding hydrogens is 258 g/mol. The number of Topliss-reactive ketones (excluding diaryl/α,β-unsaturated/α-hetero) is 1. The van der Waals surface area contributed by atoms with E-state index >= 15 is 0 Å². The summed E-state index contributed by atoms with van der Waals surface area (Å²) in [5, 5.41) is 10.7. The van der Waals surface area contributed by atoms with Crippen LogP contribution in [0, 0.1) is 10.1 Å². The predicted molar refractivity (Wildman–Crippen MR) is 75.1 cm³/mol. The van der Waals surface area contributed by atoms with E-state index in [0.717, 1.165) is 11.1 Å². The summed E-state index contributed by atoms with van der Waals surface area (Å²) in [5.41, 5.74) is 2.18. The quantitative estimate of drug-likeness (QED) is 0.485. The van der Waals surface area contributed by atoms with Crippen LogP contribution in [0.25, 0.3) is 11.1 Å². The van der Waals surface area contributed by atoms with E-state index in [-0.39, 0.29) is 11.5 Å². The van der Waals surface area contributed by atoms with E-state index in [2.05, 4.69) is 0 Å². The van der Waals surface area contributed by atoms with Gasteiger partial charge in [0, 0.05) is 17.2 Å². The summed E-state index contributed by atoms with van der Waals surface area (Å²) in [7, 11) is 1.46. The summed E-state index contributed by atoms with van der Waals surface area (Å²) in [4.78, 5) is 21.5. The average molecular weight is 271 g/mol. The van der Waals surface area contributed by atoms with Crippen molar-refractivity contribution >= 4 is 11.5 Å². The Morgan fingerprint density at radius 1 is 1.15 bits per heavy atom. The van der Waals surface area contributed by atoms with Crippen LogP contribution >= 0.6 is 0 Å². The zero-order valence-corrected chi connectivity index (χ0v) is 11.1. The molecule has 20 heavy (non-hydrogen) atoms. The first-order valence-electron chi connectivity index (χ1n) is 5.96. The number of hydrogen-bond donors (Lipinski definition) is 0. The molecule has 0 radical (unpaired) electrons. The van der Waals surface area contributed by atoms with Gasteiger partial charge in [-0.2, -0.15) is 0 Å². The number of benzene rings is 2. The van der Waals surface area contributed by atoms with Gasteiger partial charge >= 0.3 is 0 Å². The highest BCUT2D eigenvalue weighted by Gasteiger charge is 2.12. The fourth-order valence-corrected chi connectivity index (χ4v) is 1.92. The number of carbonyl (C=O) groups excluding carboxylic acids is 1. The first-order chi connectivity index (χ1) is 9.52. The van der Waals surface area contributed by atoms with Gasteiger partial charge in [0.2, 0.25) is 0 Å². The fraction of sp³-hybridized carbons (Fsp3) is 0.133. The van der Waals surface area contributed by atoms with E-state index in [1.807, 2.05) is 0 Å². The number of ether oxygens (including phenoxy) is 1. The van der Waals surface area contributed by atoms with Crippen molar-refractivity contribution in [2.45, 2.75) is 6.92 Å². The highest BCUT2D eigenvalue weighted by Crippen LogP contribution is 2.33. The third kappa shape index (κ3) is 2.66. The summed E-state index contributed by atoms with van der Waals surface area (Å²) in [6.45, 7) is 1.50. The molecule has 2 rings (SSSR count). The minimum atomic E-state index is -0.467. The Morgan fingerprint density at radius 2 is 1.80 bits per heavy atom. The zero-order chi connectivity index (χ0) is 14.7. The molecule has 0 spiro atoms. The molecule has 2 aromatic rings. The Labute approximate surface area is 116 Å². The van der Waals surface area contributed by atoms with Crippen molar-refractivity contribution in [3.05, 3.63) is 58.1 Å². The molecule has 0 aliphatic carbocycles. The van der Waals surface area contributed by atoms with E-state index in [9.17, 15) is 14.9 Å². The lowest BCUT2D eigenvalue weighted by Gasteiger charge is -2.08. The summed E-state index contributed by atoms with van der Waals surface area (Å²) >= 11 is 0. The number of ketones is 1. The normalized spacial score (nSPS) is 10.1. The zero-order valence-electron chi connectivity index (χ0n) is 11.1. The second kappa shape index (κ2) is 5.52. The van der Waals surface area contributed by atoms with E-state index in [1.165, 1.54) is 26.2 Å². The van der Waals surface area contributed by atoms with Gasteiger partial charge in [-0.1, -0.05) is 24.3 Å². The van der Waals surface area contributed by atoms with Crippen molar-refractivity contribution in [3.8, 4) is 16.9 Å². The number of carbonyl (C=O) groups is 1. The molecule has 0 N–H and O–H groups in total. The van der Waals surface area contributed by atoms with Crippen LogP contribution in [0.2, 0.25) is 0 Å². The van der Waals surface area contributed by atoms with E-state index in [4.69, 9.17) is 4.74 Å². The maximum atomic E-state index is 11.2.